The van der Waals surface area contributed by atoms with Gasteiger partial charge in [-0.15, -0.1) is 0 Å². The first-order chi connectivity index (χ1) is 6.52. The third kappa shape index (κ3) is 2.29. The zero-order chi connectivity index (χ0) is 10.7. The van der Waals surface area contributed by atoms with Crippen molar-refractivity contribution in [3.05, 3.63) is 39.9 Å². The molecule has 0 saturated heterocycles. The first-order valence-electron chi connectivity index (χ1n) is 4.45. The summed E-state index contributed by atoms with van der Waals surface area (Å²) in [6.07, 6.45) is -0.448. The molecule has 0 aliphatic heterocycles. The van der Waals surface area contributed by atoms with Crippen molar-refractivity contribution in [2.24, 2.45) is 0 Å². The Morgan fingerprint density at radius 1 is 1.29 bits per heavy atom. The van der Waals surface area contributed by atoms with E-state index in [2.05, 4.69) is 0 Å². The van der Waals surface area contributed by atoms with Crippen molar-refractivity contribution >= 4 is 5.69 Å². The summed E-state index contributed by atoms with van der Waals surface area (Å²) in [5.41, 5.74) is 0.983. The number of nitro benzene ring substituents is 1. The van der Waals surface area contributed by atoms with E-state index in [9.17, 15) is 15.2 Å². The maximum absolute atomic E-state index is 10.4. The van der Waals surface area contributed by atoms with Crippen molar-refractivity contribution < 1.29 is 10.0 Å². The quantitative estimate of drug-likeness (QED) is 0.593. The smallest absolute Gasteiger partial charge is 0.269 e. The van der Waals surface area contributed by atoms with Crippen molar-refractivity contribution in [3.8, 4) is 0 Å². The van der Waals surface area contributed by atoms with Gasteiger partial charge in [0.15, 0.2) is 0 Å². The number of hydrogen-bond donors (Lipinski definition) is 1. The van der Waals surface area contributed by atoms with Gasteiger partial charge >= 0.3 is 0 Å². The summed E-state index contributed by atoms with van der Waals surface area (Å²) in [5, 5.41) is 19.7. The molecule has 76 valence electrons. The van der Waals surface area contributed by atoms with Crippen LogP contribution in [-0.4, -0.2) is 16.1 Å². The topological polar surface area (TPSA) is 63.4 Å². The third-order valence-corrected chi connectivity index (χ3v) is 2.35. The fourth-order valence-corrected chi connectivity index (χ4v) is 1.18. The molecule has 0 amide bonds. The van der Waals surface area contributed by atoms with Crippen molar-refractivity contribution in [1.29, 1.82) is 0 Å². The number of benzene rings is 1. The van der Waals surface area contributed by atoms with E-state index >= 15 is 0 Å². The molecular weight excluding hydrogens is 182 g/mol. The zero-order valence-corrected chi connectivity index (χ0v) is 8.18. The van der Waals surface area contributed by atoms with Crippen LogP contribution in [-0.2, 0) is 0 Å². The molecule has 0 spiro atoms. The number of nitrogens with zero attached hydrogens (tertiary/aromatic N) is 1. The minimum Gasteiger partial charge on any atom is -0.393 e. The molecule has 0 aliphatic rings. The number of aliphatic hydroxyl groups excluding tert-OH is 1. The monoisotopic (exact) mass is 195 g/mol. The number of hydrogen-bond acceptors (Lipinski definition) is 3. The van der Waals surface area contributed by atoms with E-state index in [1.54, 1.807) is 19.1 Å². The molecule has 1 aromatic carbocycles. The molecule has 2 atom stereocenters. The average molecular weight is 195 g/mol. The highest BCUT2D eigenvalue weighted by Gasteiger charge is 2.12. The Morgan fingerprint density at radius 2 is 1.79 bits per heavy atom. The summed E-state index contributed by atoms with van der Waals surface area (Å²) in [6.45, 7) is 3.58. The fourth-order valence-electron chi connectivity index (χ4n) is 1.18. The maximum Gasteiger partial charge on any atom is 0.269 e. The van der Waals surface area contributed by atoms with Gasteiger partial charge in [0.1, 0.15) is 0 Å². The van der Waals surface area contributed by atoms with Gasteiger partial charge in [-0.25, -0.2) is 0 Å². The molecule has 14 heavy (non-hydrogen) atoms. The minimum atomic E-state index is -0.448. The molecule has 0 aliphatic carbocycles. The maximum atomic E-state index is 10.4. The Hall–Kier alpha value is -1.42. The highest BCUT2D eigenvalue weighted by atomic mass is 16.6. The van der Waals surface area contributed by atoms with Gasteiger partial charge in [0.25, 0.3) is 5.69 Å². The van der Waals surface area contributed by atoms with Gasteiger partial charge in [0.2, 0.25) is 0 Å². The Balaban J connectivity index is 2.88. The molecule has 4 heteroatoms. The van der Waals surface area contributed by atoms with Crippen LogP contribution >= 0.6 is 0 Å². The molecule has 1 N–H and O–H groups in total. The lowest BCUT2D eigenvalue weighted by Gasteiger charge is -2.14. The number of nitro groups is 1. The standard InChI is InChI=1S/C10H13NO3/c1-7(8(2)12)9-3-5-10(6-4-9)11(13)14/h3-8,12H,1-2H3. The molecule has 0 saturated carbocycles. The molecule has 0 fully saturated rings. The van der Waals surface area contributed by atoms with E-state index < -0.39 is 11.0 Å². The fraction of sp³-hybridized carbons (Fsp3) is 0.400. The second-order valence-electron chi connectivity index (χ2n) is 3.38. The Bertz CT molecular complexity index is 319. The Morgan fingerprint density at radius 3 is 2.14 bits per heavy atom. The largest absolute Gasteiger partial charge is 0.393 e. The van der Waals surface area contributed by atoms with Crippen LogP contribution in [0.5, 0.6) is 0 Å². The molecule has 1 aromatic rings. The third-order valence-electron chi connectivity index (χ3n) is 2.35. The van der Waals surface area contributed by atoms with E-state index in [0.29, 0.717) is 0 Å². The van der Waals surface area contributed by atoms with Crippen LogP contribution in [0.25, 0.3) is 0 Å². The zero-order valence-electron chi connectivity index (χ0n) is 8.18. The lowest BCUT2D eigenvalue weighted by Crippen LogP contribution is -2.10. The predicted molar refractivity (Wildman–Crippen MR) is 53.2 cm³/mol. The molecule has 0 bridgehead atoms. The van der Waals surface area contributed by atoms with E-state index in [1.165, 1.54) is 12.1 Å². The van der Waals surface area contributed by atoms with Crippen LogP contribution in [0.3, 0.4) is 0 Å². The average Bonchev–Trinajstić information content (AvgIpc) is 2.16. The van der Waals surface area contributed by atoms with E-state index in [1.807, 2.05) is 6.92 Å². The summed E-state index contributed by atoms with van der Waals surface area (Å²) >= 11 is 0. The summed E-state index contributed by atoms with van der Waals surface area (Å²) in [4.78, 5) is 9.94. The SMILES string of the molecule is CC(O)C(C)c1ccc([N+](=O)[O-])cc1. The van der Waals surface area contributed by atoms with Gasteiger partial charge in [-0.2, -0.15) is 0 Å². The molecule has 0 heterocycles. The van der Waals surface area contributed by atoms with Gasteiger partial charge in [-0.1, -0.05) is 19.1 Å². The van der Waals surface area contributed by atoms with Crippen LogP contribution in [0.2, 0.25) is 0 Å². The lowest BCUT2D eigenvalue weighted by molar-refractivity contribution is -0.384. The number of rotatable bonds is 3. The van der Waals surface area contributed by atoms with Crippen molar-refractivity contribution in [2.45, 2.75) is 25.9 Å². The van der Waals surface area contributed by atoms with E-state index in [0.717, 1.165) is 5.56 Å². The van der Waals surface area contributed by atoms with Gasteiger partial charge in [0.05, 0.1) is 11.0 Å². The number of non-ortho nitro benzene ring substituents is 1. The van der Waals surface area contributed by atoms with Crippen LogP contribution < -0.4 is 0 Å². The van der Waals surface area contributed by atoms with Crippen molar-refractivity contribution in [2.75, 3.05) is 0 Å². The van der Waals surface area contributed by atoms with Crippen molar-refractivity contribution in [1.82, 2.24) is 0 Å². The van der Waals surface area contributed by atoms with Crippen LogP contribution in [0.4, 0.5) is 5.69 Å². The first kappa shape index (κ1) is 10.7. The highest BCUT2D eigenvalue weighted by molar-refractivity contribution is 5.34. The Labute approximate surface area is 82.3 Å². The summed E-state index contributed by atoms with van der Waals surface area (Å²) < 4.78 is 0. The molecular formula is C10H13NO3. The highest BCUT2D eigenvalue weighted by Crippen LogP contribution is 2.21. The second kappa shape index (κ2) is 4.19. The van der Waals surface area contributed by atoms with Crippen LogP contribution in [0.1, 0.15) is 25.3 Å². The molecule has 4 nitrogen and oxygen atoms in total. The summed E-state index contributed by atoms with van der Waals surface area (Å²) in [7, 11) is 0. The van der Waals surface area contributed by atoms with Gasteiger partial charge < -0.3 is 5.11 Å². The van der Waals surface area contributed by atoms with Gasteiger partial charge in [-0.05, 0) is 12.5 Å². The molecule has 2 unspecified atom stereocenters. The van der Waals surface area contributed by atoms with Crippen molar-refractivity contribution in [3.63, 3.8) is 0 Å². The lowest BCUT2D eigenvalue weighted by atomic mass is 9.96. The normalized spacial score (nSPS) is 14.8. The number of aliphatic hydroxyl groups is 1. The summed E-state index contributed by atoms with van der Waals surface area (Å²) in [6, 6.07) is 6.26. The van der Waals surface area contributed by atoms with Gasteiger partial charge in [-0.3, -0.25) is 10.1 Å². The van der Waals surface area contributed by atoms with Crippen LogP contribution in [0, 0.1) is 10.1 Å². The minimum absolute atomic E-state index is 0.00389. The Kier molecular flexibility index (Phi) is 3.19. The first-order valence-corrected chi connectivity index (χ1v) is 4.45. The molecule has 0 radical (unpaired) electrons. The predicted octanol–water partition coefficient (Wildman–Crippen LogP) is 2.08. The van der Waals surface area contributed by atoms with Gasteiger partial charge in [0, 0.05) is 18.1 Å². The summed E-state index contributed by atoms with van der Waals surface area (Å²) in [5.74, 6) is -0.00389. The van der Waals surface area contributed by atoms with Crippen LogP contribution in [0.15, 0.2) is 24.3 Å². The molecule has 0 aromatic heterocycles. The second-order valence-corrected chi connectivity index (χ2v) is 3.38. The molecule has 1 rings (SSSR count). The van der Waals surface area contributed by atoms with E-state index in [-0.39, 0.29) is 11.6 Å². The van der Waals surface area contributed by atoms with E-state index in [4.69, 9.17) is 0 Å².